The molecule has 0 spiro atoms. The summed E-state index contributed by atoms with van der Waals surface area (Å²) in [6.45, 7) is 8.32. The van der Waals surface area contributed by atoms with E-state index in [9.17, 15) is 8.42 Å². The van der Waals surface area contributed by atoms with Crippen molar-refractivity contribution < 1.29 is 8.42 Å². The molecule has 0 radical (unpaired) electrons. The van der Waals surface area contributed by atoms with Crippen LogP contribution in [0.5, 0.6) is 0 Å². The van der Waals surface area contributed by atoms with E-state index in [1.54, 1.807) is 25.1 Å². The highest BCUT2D eigenvalue weighted by atomic mass is 32.2. The molecule has 0 bridgehead atoms. The zero-order chi connectivity index (χ0) is 19.2. The highest BCUT2D eigenvalue weighted by Gasteiger charge is 2.41. The molecule has 2 heterocycles. The van der Waals surface area contributed by atoms with Gasteiger partial charge in [-0.25, -0.2) is 8.42 Å². The van der Waals surface area contributed by atoms with Gasteiger partial charge < -0.3 is 5.32 Å². The average molecular weight is 391 g/mol. The summed E-state index contributed by atoms with van der Waals surface area (Å²) in [7, 11) is -3.31. The molecule has 1 aliphatic carbocycles. The molecule has 2 unspecified atom stereocenters. The quantitative estimate of drug-likeness (QED) is 0.825. The molecular weight excluding hydrogens is 356 g/mol. The van der Waals surface area contributed by atoms with Crippen LogP contribution in [0.15, 0.2) is 18.2 Å². The Balaban J connectivity index is 1.40. The largest absolute Gasteiger partial charge is 0.317 e. The number of benzene rings is 1. The summed E-state index contributed by atoms with van der Waals surface area (Å²) in [6, 6.07) is 6.54. The second-order valence-corrected chi connectivity index (χ2v) is 12.3. The summed E-state index contributed by atoms with van der Waals surface area (Å²) in [5.41, 5.74) is 3.55. The van der Waals surface area contributed by atoms with Crippen molar-refractivity contribution in [2.75, 3.05) is 23.9 Å². The van der Waals surface area contributed by atoms with Gasteiger partial charge in [-0.3, -0.25) is 4.31 Å². The maximum Gasteiger partial charge on any atom is 0.240 e. The summed E-state index contributed by atoms with van der Waals surface area (Å²) >= 11 is 0. The molecule has 1 saturated carbocycles. The fourth-order valence-corrected chi connectivity index (χ4v) is 6.23. The van der Waals surface area contributed by atoms with E-state index in [0.717, 1.165) is 23.9 Å². The Labute approximate surface area is 164 Å². The first kappa shape index (κ1) is 19.3. The first-order valence-corrected chi connectivity index (χ1v) is 12.1. The lowest BCUT2D eigenvalue weighted by Crippen LogP contribution is -2.42. The summed E-state index contributed by atoms with van der Waals surface area (Å²) in [5, 5.41) is 3.45. The molecule has 1 aromatic carbocycles. The minimum Gasteiger partial charge on any atom is -0.317 e. The summed E-state index contributed by atoms with van der Waals surface area (Å²) in [4.78, 5) is 0. The van der Waals surface area contributed by atoms with Gasteiger partial charge >= 0.3 is 0 Å². The number of nitrogens with one attached hydrogen (secondary N) is 1. The molecule has 27 heavy (non-hydrogen) atoms. The predicted molar refractivity (Wildman–Crippen MR) is 112 cm³/mol. The molecule has 3 aliphatic rings. The van der Waals surface area contributed by atoms with Crippen LogP contribution < -0.4 is 9.62 Å². The zero-order valence-corrected chi connectivity index (χ0v) is 17.8. The number of sulfonamides is 1. The smallest absolute Gasteiger partial charge is 0.240 e. The van der Waals surface area contributed by atoms with Crippen LogP contribution >= 0.6 is 0 Å². The van der Waals surface area contributed by atoms with Crippen LogP contribution in [0.4, 0.5) is 5.69 Å². The van der Waals surface area contributed by atoms with Gasteiger partial charge in [-0.2, -0.15) is 0 Å². The Morgan fingerprint density at radius 2 is 1.89 bits per heavy atom. The van der Waals surface area contributed by atoms with Gasteiger partial charge in [0, 0.05) is 6.54 Å². The molecule has 5 heteroatoms. The third kappa shape index (κ3) is 3.77. The number of rotatable bonds is 5. The van der Waals surface area contributed by atoms with Gasteiger partial charge in [0.15, 0.2) is 0 Å². The molecule has 0 amide bonds. The molecule has 150 valence electrons. The average Bonchev–Trinajstić information content (AvgIpc) is 3.28. The van der Waals surface area contributed by atoms with Crippen LogP contribution in [-0.4, -0.2) is 32.8 Å². The van der Waals surface area contributed by atoms with Gasteiger partial charge in [0.05, 0.1) is 10.4 Å². The highest BCUT2D eigenvalue weighted by molar-refractivity contribution is 7.94. The van der Waals surface area contributed by atoms with Crippen molar-refractivity contribution in [2.24, 2.45) is 11.8 Å². The van der Waals surface area contributed by atoms with Crippen molar-refractivity contribution >= 4 is 15.7 Å². The SMILES string of the molecule is CC(C)(C)S(=O)(=O)N1CCc2cc(C3CC3CCC3CCNCC3)ccc21. The van der Waals surface area contributed by atoms with Crippen LogP contribution in [0.25, 0.3) is 0 Å². The number of hydrogen-bond donors (Lipinski definition) is 1. The summed E-state index contributed by atoms with van der Waals surface area (Å²) < 4.78 is 26.6. The lowest BCUT2D eigenvalue weighted by molar-refractivity contribution is 0.340. The van der Waals surface area contributed by atoms with Gasteiger partial charge in [0.1, 0.15) is 0 Å². The number of fused-ring (bicyclic) bond motifs is 1. The van der Waals surface area contributed by atoms with E-state index in [1.165, 1.54) is 56.3 Å². The van der Waals surface area contributed by atoms with Crippen molar-refractivity contribution in [1.29, 1.82) is 0 Å². The van der Waals surface area contributed by atoms with Gasteiger partial charge in [-0.15, -0.1) is 0 Å². The second kappa shape index (κ2) is 7.07. The van der Waals surface area contributed by atoms with Gasteiger partial charge in [-0.05, 0) is 101 Å². The Bertz CT molecular complexity index is 791. The molecule has 1 N–H and O–H groups in total. The van der Waals surface area contributed by atoms with Crippen molar-refractivity contribution in [3.63, 3.8) is 0 Å². The lowest BCUT2D eigenvalue weighted by atomic mass is 9.91. The van der Waals surface area contributed by atoms with Gasteiger partial charge in [-0.1, -0.05) is 18.6 Å². The zero-order valence-electron chi connectivity index (χ0n) is 17.0. The van der Waals surface area contributed by atoms with Gasteiger partial charge in [0.2, 0.25) is 10.0 Å². The lowest BCUT2D eigenvalue weighted by Gasteiger charge is -2.28. The number of nitrogens with zero attached hydrogens (tertiary/aromatic N) is 1. The molecular formula is C22H34N2O2S. The van der Waals surface area contributed by atoms with Crippen LogP contribution in [0, 0.1) is 11.8 Å². The van der Waals surface area contributed by atoms with E-state index in [0.29, 0.717) is 12.5 Å². The Morgan fingerprint density at radius 3 is 2.59 bits per heavy atom. The first-order chi connectivity index (χ1) is 12.8. The molecule has 2 atom stereocenters. The second-order valence-electron chi connectivity index (χ2n) is 9.70. The molecule has 4 rings (SSSR count). The fraction of sp³-hybridized carbons (Fsp3) is 0.727. The molecule has 0 aromatic heterocycles. The Hall–Kier alpha value is -1.07. The number of piperidine rings is 1. The van der Waals surface area contributed by atoms with Gasteiger partial charge in [0.25, 0.3) is 0 Å². The maximum atomic E-state index is 12.9. The fourth-order valence-electron chi connectivity index (χ4n) is 4.80. The van der Waals surface area contributed by atoms with E-state index < -0.39 is 14.8 Å². The molecule has 1 aromatic rings. The minimum absolute atomic E-state index is 0.586. The van der Waals surface area contributed by atoms with Crippen molar-refractivity contribution in [3.8, 4) is 0 Å². The van der Waals surface area contributed by atoms with Crippen molar-refractivity contribution in [2.45, 2.75) is 70.0 Å². The van der Waals surface area contributed by atoms with Crippen LogP contribution in [0.2, 0.25) is 0 Å². The number of anilines is 1. The molecule has 2 fully saturated rings. The van der Waals surface area contributed by atoms with E-state index in [4.69, 9.17) is 0 Å². The first-order valence-electron chi connectivity index (χ1n) is 10.6. The summed E-state index contributed by atoms with van der Waals surface area (Å²) in [6.07, 6.45) is 7.57. The van der Waals surface area contributed by atoms with Crippen LogP contribution in [0.3, 0.4) is 0 Å². The number of hydrogen-bond acceptors (Lipinski definition) is 3. The highest BCUT2D eigenvalue weighted by Crippen LogP contribution is 2.51. The van der Waals surface area contributed by atoms with E-state index in [2.05, 4.69) is 23.5 Å². The van der Waals surface area contributed by atoms with E-state index in [1.807, 2.05) is 0 Å². The van der Waals surface area contributed by atoms with Crippen LogP contribution in [-0.2, 0) is 16.4 Å². The third-order valence-electron chi connectivity index (χ3n) is 6.78. The molecule has 1 saturated heterocycles. The van der Waals surface area contributed by atoms with E-state index in [-0.39, 0.29) is 0 Å². The summed E-state index contributed by atoms with van der Waals surface area (Å²) in [5.74, 6) is 2.46. The third-order valence-corrected chi connectivity index (χ3v) is 9.28. The minimum atomic E-state index is -3.31. The van der Waals surface area contributed by atoms with Crippen LogP contribution in [0.1, 0.15) is 69.9 Å². The topological polar surface area (TPSA) is 49.4 Å². The Kier molecular flexibility index (Phi) is 5.04. The molecule has 4 nitrogen and oxygen atoms in total. The van der Waals surface area contributed by atoms with Crippen molar-refractivity contribution in [1.82, 2.24) is 5.32 Å². The molecule has 2 aliphatic heterocycles. The predicted octanol–water partition coefficient (Wildman–Crippen LogP) is 4.06. The maximum absolute atomic E-state index is 12.9. The van der Waals surface area contributed by atoms with Crippen molar-refractivity contribution in [3.05, 3.63) is 29.3 Å². The Morgan fingerprint density at radius 1 is 1.15 bits per heavy atom. The normalized spacial score (nSPS) is 26.3. The van der Waals surface area contributed by atoms with E-state index >= 15 is 0 Å². The monoisotopic (exact) mass is 390 g/mol. The standard InChI is InChI=1S/C22H34N2O2S/c1-22(2,3)27(25,26)24-13-10-19-14-17(6-7-21(19)24)20-15-18(20)5-4-16-8-11-23-12-9-16/h6-7,14,16,18,20,23H,4-5,8-13,15H2,1-3H3.